The van der Waals surface area contributed by atoms with Crippen molar-refractivity contribution >= 4 is 5.96 Å². The van der Waals surface area contributed by atoms with Crippen LogP contribution in [-0.4, -0.2) is 81.8 Å². The van der Waals surface area contributed by atoms with Crippen LogP contribution >= 0.6 is 0 Å². The predicted octanol–water partition coefficient (Wildman–Crippen LogP) is 2.20. The molecule has 0 bridgehead atoms. The zero-order valence-electron chi connectivity index (χ0n) is 18.2. The molecule has 0 saturated carbocycles. The van der Waals surface area contributed by atoms with Crippen LogP contribution in [-0.2, 0) is 4.74 Å². The Kier molecular flexibility index (Phi) is 10.3. The molecule has 2 unspecified atom stereocenters. The highest BCUT2D eigenvalue weighted by molar-refractivity contribution is 5.79. The van der Waals surface area contributed by atoms with Crippen LogP contribution in [0.4, 0.5) is 0 Å². The number of hydrogen-bond acceptors (Lipinski definition) is 4. The molecule has 1 aromatic rings. The summed E-state index contributed by atoms with van der Waals surface area (Å²) >= 11 is 0. The van der Waals surface area contributed by atoms with Crippen LogP contribution in [0.5, 0.6) is 0 Å². The van der Waals surface area contributed by atoms with E-state index in [1.54, 1.807) is 0 Å². The van der Waals surface area contributed by atoms with Gasteiger partial charge in [-0.05, 0) is 24.6 Å². The van der Waals surface area contributed by atoms with Crippen LogP contribution in [0.15, 0.2) is 35.3 Å². The molecular weight excluding hydrogens is 350 g/mol. The lowest BCUT2D eigenvalue weighted by Gasteiger charge is -2.31. The summed E-state index contributed by atoms with van der Waals surface area (Å²) in [6.45, 7) is 15.4. The number of nitrogens with one attached hydrogen (secondary N) is 2. The van der Waals surface area contributed by atoms with E-state index in [1.165, 1.54) is 5.56 Å². The van der Waals surface area contributed by atoms with E-state index in [0.717, 1.165) is 65.0 Å². The molecule has 6 heteroatoms. The highest BCUT2D eigenvalue weighted by Crippen LogP contribution is 2.19. The van der Waals surface area contributed by atoms with Crippen LogP contribution < -0.4 is 10.6 Å². The molecule has 1 aromatic carbocycles. The summed E-state index contributed by atoms with van der Waals surface area (Å²) in [5.41, 5.74) is 1.34. The average molecular weight is 390 g/mol. The summed E-state index contributed by atoms with van der Waals surface area (Å²) in [7, 11) is 1.84. The van der Waals surface area contributed by atoms with Crippen molar-refractivity contribution in [1.29, 1.82) is 0 Å². The third-order valence-electron chi connectivity index (χ3n) is 5.42. The van der Waals surface area contributed by atoms with E-state index in [-0.39, 0.29) is 0 Å². The van der Waals surface area contributed by atoms with Gasteiger partial charge >= 0.3 is 0 Å². The first-order valence-electron chi connectivity index (χ1n) is 10.7. The number of aliphatic imine (C=N–C) groups is 1. The smallest absolute Gasteiger partial charge is 0.191 e. The number of ether oxygens (including phenoxy) is 1. The molecule has 0 spiro atoms. The Morgan fingerprint density at radius 1 is 1.11 bits per heavy atom. The minimum Gasteiger partial charge on any atom is -0.379 e. The number of nitrogens with zero attached hydrogens (tertiary/aromatic N) is 3. The van der Waals surface area contributed by atoms with Crippen molar-refractivity contribution in [2.24, 2.45) is 10.9 Å². The van der Waals surface area contributed by atoms with E-state index in [1.807, 2.05) is 7.05 Å². The van der Waals surface area contributed by atoms with Gasteiger partial charge in [-0.3, -0.25) is 14.8 Å². The van der Waals surface area contributed by atoms with Crippen LogP contribution in [0.2, 0.25) is 0 Å². The Balaban J connectivity index is 1.84. The van der Waals surface area contributed by atoms with E-state index in [0.29, 0.717) is 12.0 Å². The summed E-state index contributed by atoms with van der Waals surface area (Å²) < 4.78 is 5.44. The molecule has 0 aromatic heterocycles. The summed E-state index contributed by atoms with van der Waals surface area (Å²) in [5, 5.41) is 7.04. The van der Waals surface area contributed by atoms with Gasteiger partial charge in [0.25, 0.3) is 0 Å². The molecule has 2 rings (SSSR count). The van der Waals surface area contributed by atoms with E-state index >= 15 is 0 Å². The van der Waals surface area contributed by atoms with E-state index in [9.17, 15) is 0 Å². The van der Waals surface area contributed by atoms with Gasteiger partial charge in [0.15, 0.2) is 5.96 Å². The average Bonchev–Trinajstić information content (AvgIpc) is 2.74. The zero-order valence-corrected chi connectivity index (χ0v) is 18.2. The topological polar surface area (TPSA) is 52.1 Å². The Morgan fingerprint density at radius 3 is 2.36 bits per heavy atom. The first-order valence-corrected chi connectivity index (χ1v) is 10.7. The fourth-order valence-corrected chi connectivity index (χ4v) is 3.77. The largest absolute Gasteiger partial charge is 0.379 e. The molecule has 1 aliphatic heterocycles. The summed E-state index contributed by atoms with van der Waals surface area (Å²) in [6.07, 6.45) is 0. The molecular formula is C22H39N5O. The molecule has 1 aliphatic rings. The lowest BCUT2D eigenvalue weighted by Crippen LogP contribution is -2.46. The number of morpholine rings is 1. The van der Waals surface area contributed by atoms with Crippen molar-refractivity contribution in [3.8, 4) is 0 Å². The third-order valence-corrected chi connectivity index (χ3v) is 5.42. The molecule has 1 saturated heterocycles. The van der Waals surface area contributed by atoms with Gasteiger partial charge in [0.2, 0.25) is 0 Å². The minimum atomic E-state index is 0.334. The molecule has 1 fully saturated rings. The molecule has 0 aliphatic carbocycles. The van der Waals surface area contributed by atoms with Gasteiger partial charge in [0.1, 0.15) is 0 Å². The van der Waals surface area contributed by atoms with E-state index in [2.05, 4.69) is 76.5 Å². The van der Waals surface area contributed by atoms with Gasteiger partial charge in [-0.1, -0.05) is 51.1 Å². The van der Waals surface area contributed by atoms with Gasteiger partial charge < -0.3 is 15.4 Å². The number of guanidine groups is 1. The SMILES string of the molecule is CCN(CC)C(CNC(=NC)NCC(C)CN1CCOCC1)c1ccccc1. The standard InChI is InChI=1S/C22H39N5O/c1-5-27(6-2)21(20-10-8-7-9-11-20)17-25-22(23-4)24-16-19(3)18-26-12-14-28-15-13-26/h7-11,19,21H,5-6,12-18H2,1-4H3,(H2,23,24,25). The molecule has 0 radical (unpaired) electrons. The first-order chi connectivity index (χ1) is 13.7. The first kappa shape index (κ1) is 22.7. The van der Waals surface area contributed by atoms with Gasteiger partial charge in [-0.2, -0.15) is 0 Å². The number of likely N-dealkylation sites (N-methyl/N-ethyl adjacent to an activating group) is 1. The second-order valence-corrected chi connectivity index (χ2v) is 7.50. The maximum absolute atomic E-state index is 5.44. The highest BCUT2D eigenvalue weighted by Gasteiger charge is 2.18. The molecule has 2 N–H and O–H groups in total. The second kappa shape index (κ2) is 12.8. The maximum atomic E-state index is 5.44. The zero-order chi connectivity index (χ0) is 20.2. The minimum absolute atomic E-state index is 0.334. The summed E-state index contributed by atoms with van der Waals surface area (Å²) in [5.74, 6) is 1.44. The van der Waals surface area contributed by atoms with Crippen molar-refractivity contribution in [3.05, 3.63) is 35.9 Å². The Labute approximate surface area is 171 Å². The summed E-state index contributed by atoms with van der Waals surface area (Å²) in [6, 6.07) is 11.1. The van der Waals surface area contributed by atoms with Gasteiger partial charge in [-0.25, -0.2) is 0 Å². The molecule has 1 heterocycles. The van der Waals surface area contributed by atoms with Crippen LogP contribution in [0, 0.1) is 5.92 Å². The number of benzene rings is 1. The Morgan fingerprint density at radius 2 is 1.75 bits per heavy atom. The van der Waals surface area contributed by atoms with Crippen molar-refractivity contribution in [2.45, 2.75) is 26.8 Å². The van der Waals surface area contributed by atoms with Gasteiger partial charge in [0, 0.05) is 39.8 Å². The fourth-order valence-electron chi connectivity index (χ4n) is 3.77. The van der Waals surface area contributed by atoms with Crippen LogP contribution in [0.3, 0.4) is 0 Å². The lowest BCUT2D eigenvalue weighted by molar-refractivity contribution is 0.0320. The van der Waals surface area contributed by atoms with Crippen LogP contribution in [0.25, 0.3) is 0 Å². The third kappa shape index (κ3) is 7.41. The highest BCUT2D eigenvalue weighted by atomic mass is 16.5. The van der Waals surface area contributed by atoms with Crippen molar-refractivity contribution in [2.75, 3.05) is 66.1 Å². The molecule has 158 valence electrons. The predicted molar refractivity (Wildman–Crippen MR) is 118 cm³/mol. The summed E-state index contributed by atoms with van der Waals surface area (Å²) in [4.78, 5) is 9.39. The Bertz CT molecular complexity index is 555. The van der Waals surface area contributed by atoms with Crippen molar-refractivity contribution < 1.29 is 4.74 Å². The van der Waals surface area contributed by atoms with Gasteiger partial charge in [-0.15, -0.1) is 0 Å². The second-order valence-electron chi connectivity index (χ2n) is 7.50. The van der Waals surface area contributed by atoms with Gasteiger partial charge in [0.05, 0.1) is 19.3 Å². The van der Waals surface area contributed by atoms with Crippen LogP contribution in [0.1, 0.15) is 32.4 Å². The lowest BCUT2D eigenvalue weighted by atomic mass is 10.1. The fraction of sp³-hybridized carbons (Fsp3) is 0.682. The van der Waals surface area contributed by atoms with Crippen molar-refractivity contribution in [3.63, 3.8) is 0 Å². The number of hydrogen-bond donors (Lipinski definition) is 2. The quantitative estimate of drug-likeness (QED) is 0.475. The Hall–Kier alpha value is -1.63. The molecule has 28 heavy (non-hydrogen) atoms. The number of rotatable bonds is 10. The molecule has 6 nitrogen and oxygen atoms in total. The normalized spacial score (nSPS) is 18.1. The monoisotopic (exact) mass is 389 g/mol. The molecule has 0 amide bonds. The molecule has 2 atom stereocenters. The maximum Gasteiger partial charge on any atom is 0.191 e. The van der Waals surface area contributed by atoms with E-state index < -0.39 is 0 Å². The van der Waals surface area contributed by atoms with Crippen molar-refractivity contribution in [1.82, 2.24) is 20.4 Å². The van der Waals surface area contributed by atoms with E-state index in [4.69, 9.17) is 4.74 Å².